The number of likely N-dealkylation sites (tertiary alicyclic amines) is 1. The van der Waals surface area contributed by atoms with Gasteiger partial charge in [0.15, 0.2) is 0 Å². The lowest BCUT2D eigenvalue weighted by molar-refractivity contribution is -0.146. The third kappa shape index (κ3) is 3.86. The SMILES string of the molecule is CC(C)CC1CCN(C(=O)C2(CN)CCOCC2)C1.Cl. The van der Waals surface area contributed by atoms with Crippen LogP contribution in [-0.2, 0) is 9.53 Å². The number of rotatable bonds is 4. The highest BCUT2D eigenvalue weighted by molar-refractivity contribution is 5.85. The molecule has 2 N–H and O–H groups in total. The van der Waals surface area contributed by atoms with E-state index in [-0.39, 0.29) is 23.7 Å². The molecule has 2 aliphatic heterocycles. The summed E-state index contributed by atoms with van der Waals surface area (Å²) in [5.74, 6) is 1.68. The second kappa shape index (κ2) is 7.62. The Kier molecular flexibility index (Phi) is 6.76. The minimum Gasteiger partial charge on any atom is -0.381 e. The van der Waals surface area contributed by atoms with Gasteiger partial charge in [0.1, 0.15) is 0 Å². The number of carbonyl (C=O) groups excluding carboxylic acids is 1. The highest BCUT2D eigenvalue weighted by Crippen LogP contribution is 2.34. The number of nitrogens with zero attached hydrogens (tertiary/aromatic N) is 1. The molecule has 0 aromatic heterocycles. The van der Waals surface area contributed by atoms with Crippen LogP contribution in [0.15, 0.2) is 0 Å². The third-order valence-corrected chi connectivity index (χ3v) is 4.67. The van der Waals surface area contributed by atoms with Crippen molar-refractivity contribution in [3.05, 3.63) is 0 Å². The summed E-state index contributed by atoms with van der Waals surface area (Å²) in [6.45, 7) is 8.16. The van der Waals surface area contributed by atoms with Crippen molar-refractivity contribution < 1.29 is 9.53 Å². The second-order valence-electron chi connectivity index (χ2n) is 6.63. The van der Waals surface area contributed by atoms with Gasteiger partial charge in [-0.2, -0.15) is 0 Å². The number of carbonyl (C=O) groups is 1. The van der Waals surface area contributed by atoms with Gasteiger partial charge in [0.25, 0.3) is 0 Å². The first-order chi connectivity index (χ1) is 9.07. The van der Waals surface area contributed by atoms with Crippen LogP contribution in [0.2, 0.25) is 0 Å². The van der Waals surface area contributed by atoms with Crippen LogP contribution in [0.4, 0.5) is 0 Å². The van der Waals surface area contributed by atoms with Gasteiger partial charge in [-0.25, -0.2) is 0 Å². The first kappa shape index (κ1) is 17.7. The quantitative estimate of drug-likeness (QED) is 0.865. The van der Waals surface area contributed by atoms with E-state index in [1.165, 1.54) is 6.42 Å². The molecular weight excluding hydrogens is 276 g/mol. The normalized spacial score (nSPS) is 25.6. The predicted molar refractivity (Wildman–Crippen MR) is 82.9 cm³/mol. The molecule has 1 atom stereocenters. The van der Waals surface area contributed by atoms with Crippen LogP contribution < -0.4 is 5.73 Å². The Labute approximate surface area is 128 Å². The fraction of sp³-hybridized carbons (Fsp3) is 0.933. The number of ether oxygens (including phenoxy) is 1. The van der Waals surface area contributed by atoms with Gasteiger partial charge in [-0.15, -0.1) is 12.4 Å². The predicted octanol–water partition coefficient (Wildman–Crippen LogP) is 2.06. The van der Waals surface area contributed by atoms with E-state index < -0.39 is 0 Å². The summed E-state index contributed by atoms with van der Waals surface area (Å²) in [5, 5.41) is 0. The molecule has 0 bridgehead atoms. The smallest absolute Gasteiger partial charge is 0.230 e. The maximum atomic E-state index is 12.8. The molecule has 5 heteroatoms. The average Bonchev–Trinajstić information content (AvgIpc) is 2.86. The van der Waals surface area contributed by atoms with E-state index in [1.54, 1.807) is 0 Å². The van der Waals surface area contributed by atoms with Crippen LogP contribution in [0.3, 0.4) is 0 Å². The maximum absolute atomic E-state index is 12.8. The van der Waals surface area contributed by atoms with Crippen molar-refractivity contribution in [3.8, 4) is 0 Å². The lowest BCUT2D eigenvalue weighted by Gasteiger charge is -2.37. The summed E-state index contributed by atoms with van der Waals surface area (Å²) >= 11 is 0. The van der Waals surface area contributed by atoms with E-state index in [2.05, 4.69) is 18.7 Å². The van der Waals surface area contributed by atoms with Crippen molar-refractivity contribution in [3.63, 3.8) is 0 Å². The van der Waals surface area contributed by atoms with Gasteiger partial charge >= 0.3 is 0 Å². The van der Waals surface area contributed by atoms with E-state index in [0.717, 1.165) is 32.4 Å². The fourth-order valence-electron chi connectivity index (χ4n) is 3.48. The van der Waals surface area contributed by atoms with E-state index in [1.807, 2.05) is 0 Å². The van der Waals surface area contributed by atoms with Gasteiger partial charge in [-0.1, -0.05) is 13.8 Å². The number of nitrogens with two attached hydrogens (primary N) is 1. The summed E-state index contributed by atoms with van der Waals surface area (Å²) in [5.41, 5.74) is 5.58. The number of hydrogen-bond donors (Lipinski definition) is 1. The first-order valence-corrected chi connectivity index (χ1v) is 7.64. The highest BCUT2D eigenvalue weighted by atomic mass is 35.5. The Hall–Kier alpha value is -0.320. The molecule has 0 aliphatic carbocycles. The summed E-state index contributed by atoms with van der Waals surface area (Å²) < 4.78 is 5.39. The van der Waals surface area contributed by atoms with E-state index in [9.17, 15) is 4.79 Å². The topological polar surface area (TPSA) is 55.6 Å². The molecule has 2 aliphatic rings. The second-order valence-corrected chi connectivity index (χ2v) is 6.63. The molecule has 2 rings (SSSR count). The van der Waals surface area contributed by atoms with Crippen molar-refractivity contribution in [1.29, 1.82) is 0 Å². The Bertz CT molecular complexity index is 317. The average molecular weight is 305 g/mol. The molecule has 20 heavy (non-hydrogen) atoms. The lowest BCUT2D eigenvalue weighted by atomic mass is 9.79. The van der Waals surface area contributed by atoms with Gasteiger partial charge in [0, 0.05) is 32.8 Å². The van der Waals surface area contributed by atoms with E-state index in [4.69, 9.17) is 10.5 Å². The van der Waals surface area contributed by atoms with Crippen LogP contribution in [0.5, 0.6) is 0 Å². The van der Waals surface area contributed by atoms with Crippen LogP contribution >= 0.6 is 12.4 Å². The molecule has 1 amide bonds. The Balaban J connectivity index is 0.00000200. The van der Waals surface area contributed by atoms with Crippen molar-refractivity contribution in [2.75, 3.05) is 32.8 Å². The summed E-state index contributed by atoms with van der Waals surface area (Å²) in [6.07, 6.45) is 3.95. The minimum absolute atomic E-state index is 0. The largest absolute Gasteiger partial charge is 0.381 e. The summed E-state index contributed by atoms with van der Waals surface area (Å²) in [6, 6.07) is 0. The Morgan fingerprint density at radius 3 is 2.60 bits per heavy atom. The van der Waals surface area contributed by atoms with E-state index in [0.29, 0.717) is 31.6 Å². The molecule has 0 aromatic rings. The van der Waals surface area contributed by atoms with Crippen molar-refractivity contribution in [2.45, 2.75) is 39.5 Å². The number of halogens is 1. The van der Waals surface area contributed by atoms with Crippen LogP contribution in [-0.4, -0.2) is 43.7 Å². The zero-order valence-corrected chi connectivity index (χ0v) is 13.6. The molecular formula is C15H29ClN2O2. The first-order valence-electron chi connectivity index (χ1n) is 7.64. The summed E-state index contributed by atoms with van der Waals surface area (Å²) in [4.78, 5) is 14.8. The van der Waals surface area contributed by atoms with Gasteiger partial charge < -0.3 is 15.4 Å². The molecule has 1 unspecified atom stereocenters. The lowest BCUT2D eigenvalue weighted by Crippen LogP contribution is -2.50. The molecule has 0 radical (unpaired) electrons. The van der Waals surface area contributed by atoms with E-state index >= 15 is 0 Å². The monoisotopic (exact) mass is 304 g/mol. The van der Waals surface area contributed by atoms with Gasteiger partial charge in [-0.05, 0) is 37.5 Å². The Morgan fingerprint density at radius 2 is 2.05 bits per heavy atom. The fourth-order valence-corrected chi connectivity index (χ4v) is 3.48. The molecule has 2 saturated heterocycles. The van der Waals surface area contributed by atoms with Gasteiger partial charge in [0.05, 0.1) is 5.41 Å². The van der Waals surface area contributed by atoms with Crippen molar-refractivity contribution in [2.24, 2.45) is 23.0 Å². The Morgan fingerprint density at radius 1 is 1.40 bits per heavy atom. The van der Waals surface area contributed by atoms with Crippen LogP contribution in [0.1, 0.15) is 39.5 Å². The molecule has 2 fully saturated rings. The van der Waals surface area contributed by atoms with Gasteiger partial charge in [0.2, 0.25) is 5.91 Å². The number of amides is 1. The third-order valence-electron chi connectivity index (χ3n) is 4.67. The highest BCUT2D eigenvalue weighted by Gasteiger charge is 2.43. The standard InChI is InChI=1S/C15H28N2O2.ClH/c1-12(2)9-13-3-6-17(10-13)14(18)15(11-16)4-7-19-8-5-15;/h12-13H,3-11,16H2,1-2H3;1H. The summed E-state index contributed by atoms with van der Waals surface area (Å²) in [7, 11) is 0. The molecule has 4 nitrogen and oxygen atoms in total. The van der Waals surface area contributed by atoms with Crippen LogP contribution in [0, 0.1) is 17.3 Å². The zero-order chi connectivity index (χ0) is 13.9. The molecule has 118 valence electrons. The van der Waals surface area contributed by atoms with Crippen molar-refractivity contribution in [1.82, 2.24) is 4.90 Å². The molecule has 0 spiro atoms. The molecule has 0 aromatic carbocycles. The molecule has 0 saturated carbocycles. The minimum atomic E-state index is -0.342. The number of hydrogen-bond acceptors (Lipinski definition) is 3. The van der Waals surface area contributed by atoms with Crippen LogP contribution in [0.25, 0.3) is 0 Å². The maximum Gasteiger partial charge on any atom is 0.230 e. The van der Waals surface area contributed by atoms with Crippen molar-refractivity contribution >= 4 is 18.3 Å². The zero-order valence-electron chi connectivity index (χ0n) is 12.8. The molecule has 2 heterocycles. The van der Waals surface area contributed by atoms with Gasteiger partial charge in [-0.3, -0.25) is 4.79 Å².